The summed E-state index contributed by atoms with van der Waals surface area (Å²) in [5, 5.41) is 6.88. The minimum Gasteiger partial charge on any atom is -0.440 e. The summed E-state index contributed by atoms with van der Waals surface area (Å²) in [5.74, 6) is -1.20. The largest absolute Gasteiger partial charge is 0.440 e. The summed E-state index contributed by atoms with van der Waals surface area (Å²) in [6.45, 7) is 5.63. The zero-order chi connectivity index (χ0) is 22.8. The van der Waals surface area contributed by atoms with Crippen LogP contribution in [0.2, 0.25) is 0 Å². The Labute approximate surface area is 175 Å². The van der Waals surface area contributed by atoms with Gasteiger partial charge in [-0.2, -0.15) is 18.3 Å². The van der Waals surface area contributed by atoms with E-state index in [1.54, 1.807) is 0 Å². The molecule has 0 atom stereocenters. The number of alkyl halides is 3. The molecule has 0 spiro atoms. The number of amides is 3. The van der Waals surface area contributed by atoms with Crippen molar-refractivity contribution in [2.45, 2.75) is 37.4 Å². The van der Waals surface area contributed by atoms with Gasteiger partial charge in [-0.05, 0) is 25.7 Å². The van der Waals surface area contributed by atoms with Gasteiger partial charge in [-0.1, -0.05) is 0 Å². The molecule has 2 heterocycles. The van der Waals surface area contributed by atoms with Gasteiger partial charge in [-0.3, -0.25) is 14.3 Å². The molecular formula is C18H21F3N6O4. The fourth-order valence-corrected chi connectivity index (χ4v) is 3.40. The van der Waals surface area contributed by atoms with Gasteiger partial charge < -0.3 is 25.5 Å². The standard InChI is InChI=1S/C18H21F3N6O4/c1-23-9-17(4-6-26(7-5-17)16(30)31-10-18(19,20)21)27-8-12(13(22)28)14(25-27)24-15(29)11-2-3-11/h8,11H,2-7,9-10H2,(H2,22,28)(H,24,25,29). The predicted octanol–water partition coefficient (Wildman–Crippen LogP) is 1.74. The maximum Gasteiger partial charge on any atom is 0.422 e. The quantitative estimate of drug-likeness (QED) is 0.650. The van der Waals surface area contributed by atoms with Crippen LogP contribution in [0.25, 0.3) is 4.85 Å². The van der Waals surface area contributed by atoms with Gasteiger partial charge in [0, 0.05) is 25.2 Å². The first-order chi connectivity index (χ1) is 14.5. The highest BCUT2D eigenvalue weighted by atomic mass is 19.4. The number of nitrogens with two attached hydrogens (primary N) is 1. The van der Waals surface area contributed by atoms with E-state index in [1.165, 1.54) is 10.9 Å². The fraction of sp³-hybridized carbons (Fsp3) is 0.611. The van der Waals surface area contributed by atoms with Crippen molar-refractivity contribution in [1.29, 1.82) is 0 Å². The van der Waals surface area contributed by atoms with Gasteiger partial charge in [0.25, 0.3) is 5.91 Å². The number of nitrogens with zero attached hydrogens (tertiary/aromatic N) is 4. The molecule has 1 saturated carbocycles. The van der Waals surface area contributed by atoms with E-state index in [-0.39, 0.29) is 55.7 Å². The number of rotatable bonds is 6. The number of primary amides is 1. The van der Waals surface area contributed by atoms with Crippen LogP contribution in [0.5, 0.6) is 0 Å². The SMILES string of the molecule is [C-]#[N+]CC1(n2cc(C(N)=O)c(NC(=O)C3CC3)n2)CCN(C(=O)OCC(F)(F)F)CC1. The van der Waals surface area contributed by atoms with Crippen molar-refractivity contribution in [3.05, 3.63) is 23.2 Å². The Morgan fingerprint density at radius 2 is 1.97 bits per heavy atom. The monoisotopic (exact) mass is 442 g/mol. The summed E-state index contributed by atoms with van der Waals surface area (Å²) in [4.78, 5) is 40.4. The van der Waals surface area contributed by atoms with Gasteiger partial charge in [0.05, 0.1) is 0 Å². The van der Waals surface area contributed by atoms with E-state index in [4.69, 9.17) is 12.3 Å². The van der Waals surface area contributed by atoms with E-state index in [0.717, 1.165) is 17.7 Å². The molecule has 1 aliphatic heterocycles. The highest BCUT2D eigenvalue weighted by Gasteiger charge is 2.43. The number of carbonyl (C=O) groups is 3. The van der Waals surface area contributed by atoms with Crippen LogP contribution in [0, 0.1) is 12.5 Å². The lowest BCUT2D eigenvalue weighted by Gasteiger charge is -2.38. The number of halogens is 3. The van der Waals surface area contributed by atoms with Gasteiger partial charge in [-0.25, -0.2) is 11.4 Å². The maximum absolute atomic E-state index is 12.3. The van der Waals surface area contributed by atoms with E-state index < -0.39 is 30.3 Å². The van der Waals surface area contributed by atoms with Crippen molar-refractivity contribution in [2.24, 2.45) is 11.7 Å². The summed E-state index contributed by atoms with van der Waals surface area (Å²) in [5.41, 5.74) is 4.48. The zero-order valence-corrected chi connectivity index (χ0v) is 16.4. The molecule has 1 saturated heterocycles. The first-order valence-electron chi connectivity index (χ1n) is 9.57. The average molecular weight is 442 g/mol. The van der Waals surface area contributed by atoms with Crippen LogP contribution in [-0.4, -0.2) is 65.0 Å². The van der Waals surface area contributed by atoms with E-state index in [9.17, 15) is 27.6 Å². The van der Waals surface area contributed by atoms with Crippen molar-refractivity contribution >= 4 is 23.7 Å². The molecule has 10 nitrogen and oxygen atoms in total. The first kappa shape index (κ1) is 22.4. The second kappa shape index (κ2) is 8.44. The molecule has 1 aromatic heterocycles. The highest BCUT2D eigenvalue weighted by Crippen LogP contribution is 2.34. The van der Waals surface area contributed by atoms with Crippen molar-refractivity contribution < 1.29 is 32.3 Å². The third-order valence-corrected chi connectivity index (χ3v) is 5.34. The van der Waals surface area contributed by atoms with Crippen LogP contribution >= 0.6 is 0 Å². The lowest BCUT2D eigenvalue weighted by molar-refractivity contribution is -0.162. The molecule has 2 aliphatic rings. The molecule has 2 fully saturated rings. The van der Waals surface area contributed by atoms with Crippen molar-refractivity contribution in [2.75, 3.05) is 31.6 Å². The fourth-order valence-electron chi connectivity index (χ4n) is 3.40. The number of hydrogen-bond donors (Lipinski definition) is 2. The predicted molar refractivity (Wildman–Crippen MR) is 99.8 cm³/mol. The van der Waals surface area contributed by atoms with Gasteiger partial charge >= 0.3 is 12.3 Å². The molecule has 3 amide bonds. The van der Waals surface area contributed by atoms with Crippen LogP contribution in [-0.2, 0) is 15.1 Å². The number of nitrogens with one attached hydrogen (secondary N) is 1. The van der Waals surface area contributed by atoms with Crippen LogP contribution in [0.4, 0.5) is 23.8 Å². The molecule has 3 N–H and O–H groups in total. The molecule has 0 aromatic carbocycles. The molecule has 31 heavy (non-hydrogen) atoms. The number of hydrogen-bond acceptors (Lipinski definition) is 5. The number of piperidine rings is 1. The van der Waals surface area contributed by atoms with Gasteiger partial charge in [0.1, 0.15) is 11.1 Å². The first-order valence-corrected chi connectivity index (χ1v) is 9.57. The van der Waals surface area contributed by atoms with Gasteiger partial charge in [0.2, 0.25) is 12.5 Å². The number of ether oxygens (including phenoxy) is 1. The third kappa shape index (κ3) is 5.25. The minimum absolute atomic E-state index is 0.000715. The Bertz CT molecular complexity index is 910. The Morgan fingerprint density at radius 3 is 2.48 bits per heavy atom. The molecule has 0 radical (unpaired) electrons. The number of anilines is 1. The molecule has 168 valence electrons. The smallest absolute Gasteiger partial charge is 0.422 e. The average Bonchev–Trinajstić information content (AvgIpc) is 3.46. The molecule has 0 unspecified atom stereocenters. The van der Waals surface area contributed by atoms with E-state index >= 15 is 0 Å². The Morgan fingerprint density at radius 1 is 1.32 bits per heavy atom. The summed E-state index contributed by atoms with van der Waals surface area (Å²) >= 11 is 0. The molecule has 13 heteroatoms. The Kier molecular flexibility index (Phi) is 6.10. The normalized spacial score (nSPS) is 18.2. The zero-order valence-electron chi connectivity index (χ0n) is 16.4. The third-order valence-electron chi connectivity index (χ3n) is 5.34. The summed E-state index contributed by atoms with van der Waals surface area (Å²) < 4.78 is 42.5. The van der Waals surface area contributed by atoms with Crippen LogP contribution in [0.15, 0.2) is 6.20 Å². The summed E-state index contributed by atoms with van der Waals surface area (Å²) in [7, 11) is 0. The van der Waals surface area contributed by atoms with Crippen LogP contribution < -0.4 is 11.1 Å². The lowest BCUT2D eigenvalue weighted by atomic mass is 9.87. The Hall–Kier alpha value is -3.30. The molecule has 1 aliphatic carbocycles. The second-order valence-electron chi connectivity index (χ2n) is 7.66. The lowest BCUT2D eigenvalue weighted by Crippen LogP contribution is -2.50. The number of likely N-dealkylation sites (tertiary alicyclic amines) is 1. The van der Waals surface area contributed by atoms with Crippen LogP contribution in [0.1, 0.15) is 36.0 Å². The highest BCUT2D eigenvalue weighted by molar-refractivity contribution is 6.02. The maximum atomic E-state index is 12.3. The Balaban J connectivity index is 1.76. The second-order valence-corrected chi connectivity index (χ2v) is 7.66. The van der Waals surface area contributed by atoms with E-state index in [0.29, 0.717) is 0 Å². The van der Waals surface area contributed by atoms with Gasteiger partial charge in [-0.15, -0.1) is 0 Å². The molecular weight excluding hydrogens is 421 g/mol. The summed E-state index contributed by atoms with van der Waals surface area (Å²) in [6, 6.07) is 0. The summed E-state index contributed by atoms with van der Waals surface area (Å²) in [6.07, 6.45) is -2.49. The number of carbonyl (C=O) groups excluding carboxylic acids is 3. The van der Waals surface area contributed by atoms with E-state index in [1.807, 2.05) is 0 Å². The van der Waals surface area contributed by atoms with Crippen molar-refractivity contribution in [1.82, 2.24) is 14.7 Å². The molecule has 0 bridgehead atoms. The van der Waals surface area contributed by atoms with Crippen LogP contribution in [0.3, 0.4) is 0 Å². The van der Waals surface area contributed by atoms with Gasteiger partial charge in [0.15, 0.2) is 12.4 Å². The molecule has 1 aromatic rings. The minimum atomic E-state index is -4.62. The van der Waals surface area contributed by atoms with E-state index in [2.05, 4.69) is 20.0 Å². The molecule has 3 rings (SSSR count). The topological polar surface area (TPSA) is 124 Å². The van der Waals surface area contributed by atoms with Crippen molar-refractivity contribution in [3.63, 3.8) is 0 Å². The van der Waals surface area contributed by atoms with Crippen molar-refractivity contribution in [3.8, 4) is 0 Å². The number of aromatic nitrogens is 2.